The third kappa shape index (κ3) is 3.78. The summed E-state index contributed by atoms with van der Waals surface area (Å²) in [5.74, 6) is 0.135. The molecule has 1 amide bonds. The summed E-state index contributed by atoms with van der Waals surface area (Å²) in [6.07, 6.45) is 0.740. The van der Waals surface area contributed by atoms with Crippen molar-refractivity contribution in [2.45, 2.75) is 13.0 Å². The molecule has 0 saturated heterocycles. The number of rotatable bonds is 6. The van der Waals surface area contributed by atoms with Crippen molar-refractivity contribution in [2.75, 3.05) is 12.3 Å². The molecule has 0 radical (unpaired) electrons. The van der Waals surface area contributed by atoms with E-state index in [1.807, 2.05) is 89.5 Å². The molecule has 0 aliphatic carbocycles. The van der Waals surface area contributed by atoms with Gasteiger partial charge in [0.2, 0.25) is 0 Å². The summed E-state index contributed by atoms with van der Waals surface area (Å²) < 4.78 is 1.87. The number of aromatic nitrogens is 3. The number of carbonyl (C=O) groups is 1. The van der Waals surface area contributed by atoms with Crippen LogP contribution in [0, 0.1) is 0 Å². The van der Waals surface area contributed by atoms with Gasteiger partial charge in [-0.1, -0.05) is 72.8 Å². The van der Waals surface area contributed by atoms with Crippen LogP contribution in [0.1, 0.15) is 21.5 Å². The number of nitrogens with one attached hydrogen (secondary N) is 1. The van der Waals surface area contributed by atoms with Crippen LogP contribution < -0.4 is 11.1 Å². The van der Waals surface area contributed by atoms with Gasteiger partial charge in [0.05, 0.1) is 17.6 Å². The Labute approximate surface area is 185 Å². The topological polar surface area (TPSA) is 85.8 Å². The van der Waals surface area contributed by atoms with Crippen molar-refractivity contribution in [3.63, 3.8) is 0 Å². The Balaban J connectivity index is 1.54. The van der Waals surface area contributed by atoms with Gasteiger partial charge in [0, 0.05) is 6.54 Å². The van der Waals surface area contributed by atoms with E-state index in [4.69, 9.17) is 15.7 Å². The monoisotopic (exact) mass is 421 g/mol. The molecule has 6 nitrogen and oxygen atoms in total. The molecule has 5 aromatic rings. The number of benzene rings is 3. The zero-order valence-electron chi connectivity index (χ0n) is 17.5. The van der Waals surface area contributed by atoms with E-state index in [9.17, 15) is 4.79 Å². The van der Waals surface area contributed by atoms with Crippen LogP contribution in [0.2, 0.25) is 0 Å². The second-order valence-electron chi connectivity index (χ2n) is 7.71. The number of anilines is 1. The first-order chi connectivity index (χ1) is 15.7. The van der Waals surface area contributed by atoms with Gasteiger partial charge >= 0.3 is 0 Å². The molecule has 3 N–H and O–H groups in total. The number of fused-ring (bicyclic) bond motifs is 2. The molecule has 6 heteroatoms. The van der Waals surface area contributed by atoms with Gasteiger partial charge in [-0.15, -0.1) is 0 Å². The van der Waals surface area contributed by atoms with E-state index in [-0.39, 0.29) is 5.91 Å². The highest BCUT2D eigenvalue weighted by atomic mass is 16.1. The maximum Gasteiger partial charge on any atom is 0.257 e. The third-order valence-corrected chi connectivity index (χ3v) is 5.54. The largest absolute Gasteiger partial charge is 0.384 e. The van der Waals surface area contributed by atoms with Crippen molar-refractivity contribution in [2.24, 2.45) is 0 Å². The smallest absolute Gasteiger partial charge is 0.257 e. The molecule has 32 heavy (non-hydrogen) atoms. The lowest BCUT2D eigenvalue weighted by atomic mass is 10.1. The molecule has 3 aromatic carbocycles. The van der Waals surface area contributed by atoms with Crippen LogP contribution in [-0.2, 0) is 13.0 Å². The second kappa shape index (κ2) is 8.51. The molecular weight excluding hydrogens is 398 g/mol. The number of carbonyl (C=O) groups excluding carboxylic acids is 1. The summed E-state index contributed by atoms with van der Waals surface area (Å²) in [7, 11) is 0. The second-order valence-corrected chi connectivity index (χ2v) is 7.71. The normalized spacial score (nSPS) is 11.1. The Kier molecular flexibility index (Phi) is 5.25. The van der Waals surface area contributed by atoms with Crippen molar-refractivity contribution >= 4 is 33.9 Å². The number of hydrogen-bond donors (Lipinski definition) is 2. The van der Waals surface area contributed by atoms with Crippen molar-refractivity contribution < 1.29 is 4.79 Å². The Morgan fingerprint density at radius 1 is 0.812 bits per heavy atom. The fourth-order valence-electron chi connectivity index (χ4n) is 3.92. The fraction of sp³-hybridized carbons (Fsp3) is 0.115. The molecule has 0 atom stereocenters. The zero-order chi connectivity index (χ0) is 21.9. The lowest BCUT2D eigenvalue weighted by molar-refractivity contribution is 0.0956. The SMILES string of the molecule is Nc1c(C(=O)NCCc2ccccc2)c2nc3ccccc3nc2n1Cc1ccccc1. The zero-order valence-corrected chi connectivity index (χ0v) is 17.5. The van der Waals surface area contributed by atoms with Gasteiger partial charge in [0.25, 0.3) is 5.91 Å². The van der Waals surface area contributed by atoms with E-state index in [1.165, 1.54) is 0 Å². The Morgan fingerprint density at radius 2 is 1.41 bits per heavy atom. The maximum absolute atomic E-state index is 13.2. The van der Waals surface area contributed by atoms with Gasteiger partial charge < -0.3 is 15.6 Å². The van der Waals surface area contributed by atoms with E-state index in [0.717, 1.165) is 28.6 Å². The molecule has 0 aliphatic rings. The maximum atomic E-state index is 13.2. The molecule has 0 bridgehead atoms. The molecule has 0 spiro atoms. The Hall–Kier alpha value is -4.19. The van der Waals surface area contributed by atoms with E-state index in [0.29, 0.717) is 35.6 Å². The van der Waals surface area contributed by atoms with Gasteiger partial charge in [-0.25, -0.2) is 9.97 Å². The summed E-state index contributed by atoms with van der Waals surface area (Å²) in [4.78, 5) is 22.8. The molecule has 0 unspecified atom stereocenters. The number of hydrogen-bond acceptors (Lipinski definition) is 4. The van der Waals surface area contributed by atoms with Crippen LogP contribution in [0.3, 0.4) is 0 Å². The molecule has 158 valence electrons. The van der Waals surface area contributed by atoms with Crippen molar-refractivity contribution in [3.8, 4) is 0 Å². The van der Waals surface area contributed by atoms with Crippen molar-refractivity contribution in [3.05, 3.63) is 102 Å². The van der Waals surface area contributed by atoms with Gasteiger partial charge in [-0.3, -0.25) is 4.79 Å². The van der Waals surface area contributed by atoms with Gasteiger partial charge in [-0.2, -0.15) is 0 Å². The molecule has 0 fully saturated rings. The quantitative estimate of drug-likeness (QED) is 0.431. The number of nitrogens with zero attached hydrogens (tertiary/aromatic N) is 3. The lowest BCUT2D eigenvalue weighted by Crippen LogP contribution is -2.26. The minimum Gasteiger partial charge on any atom is -0.384 e. The molecule has 2 heterocycles. The highest BCUT2D eigenvalue weighted by Gasteiger charge is 2.23. The first-order valence-corrected chi connectivity index (χ1v) is 10.6. The van der Waals surface area contributed by atoms with Gasteiger partial charge in [0.15, 0.2) is 5.65 Å². The Morgan fingerprint density at radius 3 is 2.09 bits per heavy atom. The predicted molar refractivity (Wildman–Crippen MR) is 127 cm³/mol. The molecular formula is C26H23N5O. The third-order valence-electron chi connectivity index (χ3n) is 5.54. The number of amides is 1. The minimum absolute atomic E-state index is 0.236. The van der Waals surface area contributed by atoms with E-state index in [1.54, 1.807) is 0 Å². The first kappa shape index (κ1) is 19.8. The van der Waals surface area contributed by atoms with Gasteiger partial charge in [-0.05, 0) is 29.7 Å². The molecule has 0 saturated carbocycles. The molecule has 0 aliphatic heterocycles. The van der Waals surface area contributed by atoms with Crippen LogP contribution in [0.25, 0.3) is 22.2 Å². The summed E-state index contributed by atoms with van der Waals surface area (Å²) in [5, 5.41) is 3.01. The Bertz CT molecular complexity index is 1390. The molecule has 5 rings (SSSR count). The highest BCUT2D eigenvalue weighted by Crippen LogP contribution is 2.28. The predicted octanol–water partition coefficient (Wildman–Crippen LogP) is 4.19. The van der Waals surface area contributed by atoms with Crippen LogP contribution in [0.4, 0.5) is 5.82 Å². The minimum atomic E-state index is -0.236. The van der Waals surface area contributed by atoms with Crippen molar-refractivity contribution in [1.29, 1.82) is 0 Å². The van der Waals surface area contributed by atoms with E-state index < -0.39 is 0 Å². The number of nitrogen functional groups attached to an aromatic ring is 1. The van der Waals surface area contributed by atoms with E-state index in [2.05, 4.69) is 5.32 Å². The fourth-order valence-corrected chi connectivity index (χ4v) is 3.92. The van der Waals surface area contributed by atoms with Crippen LogP contribution in [-0.4, -0.2) is 27.0 Å². The summed E-state index contributed by atoms with van der Waals surface area (Å²) in [6, 6.07) is 27.7. The van der Waals surface area contributed by atoms with Gasteiger partial charge in [0.1, 0.15) is 16.9 Å². The standard InChI is InChI=1S/C26H23N5O/c27-24-22(26(32)28-16-15-18-9-3-1-4-10-18)23-25(30-21-14-8-7-13-20(21)29-23)31(24)17-19-11-5-2-6-12-19/h1-14H,15-17,27H2,(H,28,32). The van der Waals surface area contributed by atoms with Crippen LogP contribution in [0.5, 0.6) is 0 Å². The highest BCUT2D eigenvalue weighted by molar-refractivity contribution is 6.10. The summed E-state index contributed by atoms with van der Waals surface area (Å²) >= 11 is 0. The number of para-hydroxylation sites is 2. The lowest BCUT2D eigenvalue weighted by Gasteiger charge is -2.08. The van der Waals surface area contributed by atoms with Crippen molar-refractivity contribution in [1.82, 2.24) is 19.9 Å². The summed E-state index contributed by atoms with van der Waals surface area (Å²) in [6.45, 7) is 1.02. The average Bonchev–Trinajstić information content (AvgIpc) is 3.09. The van der Waals surface area contributed by atoms with Crippen LogP contribution >= 0.6 is 0 Å². The van der Waals surface area contributed by atoms with E-state index >= 15 is 0 Å². The number of nitrogens with two attached hydrogens (primary N) is 1. The van der Waals surface area contributed by atoms with Crippen LogP contribution in [0.15, 0.2) is 84.9 Å². The summed E-state index contributed by atoms with van der Waals surface area (Å²) in [5.41, 5.74) is 11.8. The average molecular weight is 422 g/mol. The molecule has 2 aromatic heterocycles. The first-order valence-electron chi connectivity index (χ1n) is 10.6.